The highest BCUT2D eigenvalue weighted by molar-refractivity contribution is 7.86. The molecule has 6 heterocycles. The number of alkyl halides is 6. The second-order valence-corrected chi connectivity index (χ2v) is 17.5. The zero-order valence-electron chi connectivity index (χ0n) is 32.6. The van der Waals surface area contributed by atoms with E-state index in [0.717, 1.165) is 0 Å². The number of fused-ring (bicyclic) bond motifs is 5. The van der Waals surface area contributed by atoms with Gasteiger partial charge >= 0.3 is 18.5 Å². The van der Waals surface area contributed by atoms with Gasteiger partial charge < -0.3 is 25.0 Å². The number of ether oxygens (including phenoxy) is 3. The molecule has 3 fully saturated rings. The van der Waals surface area contributed by atoms with E-state index in [0.29, 0.717) is 18.9 Å². The Hall–Kier alpha value is -4.06. The fraction of sp³-hybridized carbons (Fsp3) is 0.611. The fourth-order valence-corrected chi connectivity index (χ4v) is 9.87. The molecule has 0 spiro atoms. The van der Waals surface area contributed by atoms with Gasteiger partial charge in [-0.1, -0.05) is 18.5 Å². The zero-order valence-corrected chi connectivity index (χ0v) is 34.1. The number of nitrogen functional groups attached to an aromatic ring is 1. The summed E-state index contributed by atoms with van der Waals surface area (Å²) in [6.45, 7) is 5.98. The van der Waals surface area contributed by atoms with E-state index in [2.05, 4.69) is 19.7 Å². The molecule has 0 aliphatic carbocycles. The maximum atomic E-state index is 17.1. The third-order valence-electron chi connectivity index (χ3n) is 11.5. The van der Waals surface area contributed by atoms with Crippen molar-refractivity contribution in [3.05, 3.63) is 28.3 Å². The van der Waals surface area contributed by atoms with Crippen molar-refractivity contribution in [3.63, 3.8) is 0 Å². The molecule has 330 valence electrons. The van der Waals surface area contributed by atoms with Crippen molar-refractivity contribution in [1.82, 2.24) is 24.8 Å². The van der Waals surface area contributed by atoms with Crippen molar-refractivity contribution in [2.24, 2.45) is 0 Å². The van der Waals surface area contributed by atoms with Gasteiger partial charge in [0.25, 0.3) is 16.0 Å². The van der Waals surface area contributed by atoms with Gasteiger partial charge in [-0.15, -0.1) is 13.2 Å². The van der Waals surface area contributed by atoms with Crippen LogP contribution in [-0.4, -0.2) is 120 Å². The number of aromatic nitrogens is 3. The number of likely N-dealkylation sites (N-methyl/N-ethyl adjacent to an activating group) is 1. The van der Waals surface area contributed by atoms with Crippen molar-refractivity contribution >= 4 is 50.0 Å². The molecule has 0 saturated carbocycles. The molecule has 0 radical (unpaired) electrons. The lowest BCUT2D eigenvalue weighted by molar-refractivity contribution is -0.340. The Balaban J connectivity index is 1.37. The average molecular weight is 902 g/mol. The van der Waals surface area contributed by atoms with E-state index in [9.17, 15) is 43.9 Å². The maximum absolute atomic E-state index is 17.1. The van der Waals surface area contributed by atoms with Crippen LogP contribution < -0.4 is 20.1 Å². The van der Waals surface area contributed by atoms with Gasteiger partial charge in [0, 0.05) is 30.7 Å². The fourth-order valence-electron chi connectivity index (χ4n) is 8.85. The highest BCUT2D eigenvalue weighted by atomic mass is 35.5. The van der Waals surface area contributed by atoms with Gasteiger partial charge in [0.05, 0.1) is 40.2 Å². The molecule has 1 aromatic carbocycles. The van der Waals surface area contributed by atoms with Crippen molar-refractivity contribution in [2.45, 2.75) is 115 Å². The predicted octanol–water partition coefficient (Wildman–Crippen LogP) is 6.07. The number of carbonyl (C=O) groups excluding carboxylic acids is 1. The molecule has 1 amide bonds. The van der Waals surface area contributed by atoms with Crippen LogP contribution in [0.1, 0.15) is 58.9 Å². The first-order valence-electron chi connectivity index (χ1n) is 19.0. The first-order chi connectivity index (χ1) is 27.9. The molecule has 14 nitrogen and oxygen atoms in total. The third-order valence-corrected chi connectivity index (χ3v) is 13.0. The molecule has 4 aliphatic heterocycles. The Kier molecular flexibility index (Phi) is 11.5. The van der Waals surface area contributed by atoms with Crippen LogP contribution in [0, 0.1) is 11.6 Å². The first-order valence-corrected chi connectivity index (χ1v) is 20.9. The van der Waals surface area contributed by atoms with E-state index in [1.165, 1.54) is 13.8 Å². The number of nitrogens with two attached hydrogens (primary N) is 1. The SMILES string of the molecule is CC[C@@H](OS(=O)(=O)CC)C(=O)N1[C@@H]2CC[C@H]1[C@H]1[C@H](C)Oc3nc(-c4cc(N)c(F)c(Cl)c4C(F)(F)F)c(F)c4nc(O[C@@H](C)[C@@H]5C[C@@H](OC(F)(F)F)CN5C)nc(c34)N1C2. The first kappa shape index (κ1) is 44.0. The van der Waals surface area contributed by atoms with Gasteiger partial charge in [0.2, 0.25) is 5.88 Å². The molecule has 2 N–H and O–H groups in total. The summed E-state index contributed by atoms with van der Waals surface area (Å²) in [5, 5.41) is -1.63. The van der Waals surface area contributed by atoms with Gasteiger partial charge in [-0.05, 0) is 59.6 Å². The van der Waals surface area contributed by atoms with Gasteiger partial charge in [-0.25, -0.2) is 13.8 Å². The molecule has 24 heteroatoms. The van der Waals surface area contributed by atoms with E-state index in [-0.39, 0.29) is 42.9 Å². The molecule has 60 heavy (non-hydrogen) atoms. The number of piperazine rings is 1. The highest BCUT2D eigenvalue weighted by Gasteiger charge is 2.54. The largest absolute Gasteiger partial charge is 0.522 e. The third kappa shape index (κ3) is 7.95. The monoisotopic (exact) mass is 901 g/mol. The van der Waals surface area contributed by atoms with Crippen molar-refractivity contribution < 1.29 is 66.7 Å². The number of amides is 1. The number of benzene rings is 1. The quantitative estimate of drug-likeness (QED) is 0.142. The van der Waals surface area contributed by atoms with Gasteiger partial charge in [0.15, 0.2) is 17.7 Å². The summed E-state index contributed by atoms with van der Waals surface area (Å²) < 4.78 is 162. The Morgan fingerprint density at radius 2 is 1.78 bits per heavy atom. The molecule has 8 atom stereocenters. The van der Waals surface area contributed by atoms with Crippen molar-refractivity contribution in [1.29, 1.82) is 0 Å². The van der Waals surface area contributed by atoms with Crippen LogP contribution in [0.5, 0.6) is 11.9 Å². The molecule has 2 aromatic heterocycles. The van der Waals surface area contributed by atoms with Gasteiger partial charge in [0.1, 0.15) is 34.6 Å². The smallest absolute Gasteiger partial charge is 0.472 e. The highest BCUT2D eigenvalue weighted by Crippen LogP contribution is 2.49. The van der Waals surface area contributed by atoms with Crippen LogP contribution in [0.3, 0.4) is 0 Å². The van der Waals surface area contributed by atoms with Crippen LogP contribution in [0.25, 0.3) is 22.2 Å². The topological polar surface area (TPSA) is 163 Å². The summed E-state index contributed by atoms with van der Waals surface area (Å²) in [6.07, 6.45) is -14.1. The Morgan fingerprint density at radius 3 is 2.42 bits per heavy atom. The number of nitrogens with zero attached hydrogens (tertiary/aromatic N) is 6. The van der Waals surface area contributed by atoms with Crippen LogP contribution in [0.4, 0.5) is 46.6 Å². The average Bonchev–Trinajstić information content (AvgIpc) is 3.63. The molecular weight excluding hydrogens is 862 g/mol. The number of hydrogen-bond donors (Lipinski definition) is 1. The number of pyridine rings is 1. The summed E-state index contributed by atoms with van der Waals surface area (Å²) in [5.74, 6) is -4.50. The van der Waals surface area contributed by atoms with Gasteiger partial charge in [-0.2, -0.15) is 31.6 Å². The minimum Gasteiger partial charge on any atom is -0.472 e. The lowest BCUT2D eigenvalue weighted by Crippen LogP contribution is -2.66. The second kappa shape index (κ2) is 15.7. The normalized spacial score (nSPS) is 25.6. The van der Waals surface area contributed by atoms with Crippen LogP contribution >= 0.6 is 11.6 Å². The van der Waals surface area contributed by atoms with Crippen molar-refractivity contribution in [2.75, 3.05) is 36.5 Å². The molecule has 4 aliphatic rings. The Morgan fingerprint density at radius 1 is 1.08 bits per heavy atom. The maximum Gasteiger partial charge on any atom is 0.522 e. The molecule has 7 rings (SSSR count). The van der Waals surface area contributed by atoms with E-state index < -0.39 is 134 Å². The standard InChI is InChI=1S/C36H40ClF8N7O7S/c1-6-22(59-60(54,55)7-2)33(53)52-16-8-9-20(52)30-15(4)56-32-23-29(27(39)28(47-32)18-11-19(46)26(38)25(37)24(18)35(40,41)42)48-34(49-31(23)51(30)12-16)57-14(3)21-10-17(13-50(21)5)58-36(43,44)45/h11,14-17,20-22,30H,6-10,12-13,46H2,1-5H3/t14-,15-,16+,17+,20-,21-,22+,30+/m0/s1. The van der Waals surface area contributed by atoms with Crippen LogP contribution in [0.2, 0.25) is 5.02 Å². The number of carbonyl (C=O) groups is 1. The lowest BCUT2D eigenvalue weighted by Gasteiger charge is -2.48. The number of hydrogen-bond acceptors (Lipinski definition) is 13. The summed E-state index contributed by atoms with van der Waals surface area (Å²) in [4.78, 5) is 32.0. The Bertz CT molecular complexity index is 2310. The summed E-state index contributed by atoms with van der Waals surface area (Å²) in [7, 11) is -2.50. The van der Waals surface area contributed by atoms with Gasteiger partial charge in [-0.3, -0.25) is 18.6 Å². The Labute approximate surface area is 343 Å². The van der Waals surface area contributed by atoms with E-state index in [1.54, 1.807) is 35.6 Å². The summed E-state index contributed by atoms with van der Waals surface area (Å²) in [6, 6.07) is -2.75. The zero-order chi connectivity index (χ0) is 44.0. The van der Waals surface area contributed by atoms with Crippen molar-refractivity contribution in [3.8, 4) is 23.1 Å². The molecule has 2 bridgehead atoms. The van der Waals surface area contributed by atoms with Crippen LogP contribution in [0.15, 0.2) is 6.07 Å². The minimum absolute atomic E-state index is 0.0195. The second-order valence-electron chi connectivity index (χ2n) is 15.2. The summed E-state index contributed by atoms with van der Waals surface area (Å²) >= 11 is 5.85. The predicted molar refractivity (Wildman–Crippen MR) is 199 cm³/mol. The number of anilines is 2. The summed E-state index contributed by atoms with van der Waals surface area (Å²) in [5.41, 5.74) is 0.364. The lowest BCUT2D eigenvalue weighted by atomic mass is 9.97. The van der Waals surface area contributed by atoms with E-state index in [1.807, 2.05) is 0 Å². The number of rotatable bonds is 10. The number of likely N-dealkylation sites (tertiary alicyclic amines) is 1. The van der Waals surface area contributed by atoms with E-state index in [4.69, 9.17) is 31.0 Å². The number of halogens is 9. The molecular formula is C36H40ClF8N7O7S. The molecule has 0 unspecified atom stereocenters. The van der Waals surface area contributed by atoms with E-state index >= 15 is 4.39 Å². The molecule has 3 aromatic rings. The molecule has 3 saturated heterocycles. The minimum atomic E-state index is -5.35. The van der Waals surface area contributed by atoms with Crippen LogP contribution in [-0.2, 0) is 30.0 Å².